The minimum atomic E-state index is -4.19. The lowest BCUT2D eigenvalue weighted by molar-refractivity contribution is -0.146. The van der Waals surface area contributed by atoms with Crippen LogP contribution in [-0.2, 0) is 20.7 Å². The summed E-state index contributed by atoms with van der Waals surface area (Å²) in [5.74, 6) is -0.167. The Morgan fingerprint density at radius 2 is 1.63 bits per heavy atom. The van der Waals surface area contributed by atoms with Crippen LogP contribution in [0.2, 0.25) is 5.02 Å². The summed E-state index contributed by atoms with van der Waals surface area (Å²) in [5, 5.41) is 4.56. The van der Waals surface area contributed by atoms with Crippen LogP contribution in [0.5, 0.6) is 11.5 Å². The largest absolute Gasteiger partial charge is 0.513 e. The average Bonchev–Trinajstić information content (AvgIpc) is 2.86. The number of carbonyl (C=O) groups is 1. The summed E-state index contributed by atoms with van der Waals surface area (Å²) in [6.45, 7) is 1.61. The Bertz CT molecular complexity index is 1360. The number of fused-ring (bicyclic) bond motifs is 1. The Kier molecular flexibility index (Phi) is 8.14. The summed E-state index contributed by atoms with van der Waals surface area (Å²) in [7, 11) is -4.19. The molecule has 0 aliphatic rings. The van der Waals surface area contributed by atoms with Crippen molar-refractivity contribution in [3.8, 4) is 11.5 Å². The molecule has 4 aromatic carbocycles. The van der Waals surface area contributed by atoms with Gasteiger partial charge in [-0.1, -0.05) is 84.4 Å². The maximum absolute atomic E-state index is 14.0. The second-order valence-corrected chi connectivity index (χ2v) is 10.5. The van der Waals surface area contributed by atoms with Gasteiger partial charge in [0.1, 0.15) is 18.4 Å². The standard InChI is InChI=1S/C26H22BrClNO5P/c1-18(26(30)32-17-19-9-3-2-4-10-19)29-35(31,34-25-22(27)14-8-15-23(25)28)33-24-16-7-12-20-11-5-6-13-21(20)24/h2-16,18H,17H2,1H3,(H,29,31)/t18-,35?/m0/s1. The fraction of sp³-hybridized carbons (Fsp3) is 0.115. The monoisotopic (exact) mass is 573 g/mol. The van der Waals surface area contributed by atoms with Gasteiger partial charge in [-0.15, -0.1) is 0 Å². The lowest BCUT2D eigenvalue weighted by atomic mass is 10.1. The minimum absolute atomic E-state index is 0.0805. The summed E-state index contributed by atoms with van der Waals surface area (Å²) in [4.78, 5) is 12.7. The highest BCUT2D eigenvalue weighted by Gasteiger charge is 2.35. The number of rotatable bonds is 9. The fourth-order valence-corrected chi connectivity index (χ4v) is 5.84. The number of benzene rings is 4. The summed E-state index contributed by atoms with van der Waals surface area (Å²) in [6.07, 6.45) is 0. The van der Waals surface area contributed by atoms with Crippen molar-refractivity contribution in [2.75, 3.05) is 0 Å². The van der Waals surface area contributed by atoms with Crippen molar-refractivity contribution >= 4 is 52.0 Å². The van der Waals surface area contributed by atoms with E-state index < -0.39 is 19.8 Å². The molecular formula is C26H22BrClNO5P. The Hall–Kier alpha value is -2.83. The predicted octanol–water partition coefficient (Wildman–Crippen LogP) is 7.54. The van der Waals surface area contributed by atoms with Crippen LogP contribution in [0.3, 0.4) is 0 Å². The molecular weight excluding hydrogens is 553 g/mol. The number of ether oxygens (including phenoxy) is 1. The first kappa shape index (κ1) is 25.3. The highest BCUT2D eigenvalue weighted by atomic mass is 79.9. The van der Waals surface area contributed by atoms with Gasteiger partial charge >= 0.3 is 13.7 Å². The molecule has 2 atom stereocenters. The molecule has 0 heterocycles. The van der Waals surface area contributed by atoms with Gasteiger partial charge in [0, 0.05) is 5.39 Å². The molecule has 0 aliphatic heterocycles. The smallest absolute Gasteiger partial charge is 0.460 e. The molecule has 0 radical (unpaired) electrons. The van der Waals surface area contributed by atoms with Crippen LogP contribution >= 0.6 is 35.3 Å². The zero-order valence-electron chi connectivity index (χ0n) is 18.7. The molecule has 4 rings (SSSR count). The quantitative estimate of drug-likeness (QED) is 0.164. The third kappa shape index (κ3) is 6.44. The van der Waals surface area contributed by atoms with E-state index in [0.29, 0.717) is 10.2 Å². The zero-order valence-corrected chi connectivity index (χ0v) is 21.9. The van der Waals surface area contributed by atoms with Crippen LogP contribution in [0.15, 0.2) is 95.5 Å². The van der Waals surface area contributed by atoms with Crippen molar-refractivity contribution in [1.29, 1.82) is 0 Å². The Labute approximate surface area is 216 Å². The summed E-state index contributed by atoms with van der Waals surface area (Å²) >= 11 is 9.66. The van der Waals surface area contributed by atoms with E-state index in [0.717, 1.165) is 16.3 Å². The molecule has 0 amide bonds. The third-order valence-electron chi connectivity index (χ3n) is 5.03. The van der Waals surface area contributed by atoms with Crippen molar-refractivity contribution in [3.63, 3.8) is 0 Å². The summed E-state index contributed by atoms with van der Waals surface area (Å²) in [5.41, 5.74) is 0.833. The van der Waals surface area contributed by atoms with E-state index in [2.05, 4.69) is 21.0 Å². The Morgan fingerprint density at radius 1 is 0.943 bits per heavy atom. The van der Waals surface area contributed by atoms with Gasteiger partial charge < -0.3 is 13.8 Å². The minimum Gasteiger partial charge on any atom is -0.460 e. The van der Waals surface area contributed by atoms with Gasteiger partial charge in [-0.25, -0.2) is 4.57 Å². The van der Waals surface area contributed by atoms with E-state index in [-0.39, 0.29) is 17.4 Å². The Balaban J connectivity index is 1.60. The normalized spacial score (nSPS) is 13.6. The van der Waals surface area contributed by atoms with Gasteiger partial charge in [0.05, 0.1) is 9.50 Å². The number of halogens is 2. The molecule has 180 valence electrons. The van der Waals surface area contributed by atoms with Crippen LogP contribution < -0.4 is 14.1 Å². The lowest BCUT2D eigenvalue weighted by Gasteiger charge is -2.24. The molecule has 0 saturated heterocycles. The molecule has 0 aliphatic carbocycles. The molecule has 0 fully saturated rings. The number of para-hydroxylation sites is 1. The number of nitrogens with one attached hydrogen (secondary N) is 1. The first-order valence-corrected chi connectivity index (χ1v) is 13.5. The van der Waals surface area contributed by atoms with Gasteiger partial charge in [0.2, 0.25) is 0 Å². The van der Waals surface area contributed by atoms with E-state index in [1.54, 1.807) is 30.3 Å². The maximum atomic E-state index is 14.0. The predicted molar refractivity (Wildman–Crippen MR) is 141 cm³/mol. The number of hydrogen-bond acceptors (Lipinski definition) is 5. The van der Waals surface area contributed by atoms with Crippen molar-refractivity contribution in [2.45, 2.75) is 19.6 Å². The Morgan fingerprint density at radius 3 is 2.40 bits per heavy atom. The number of carbonyl (C=O) groups excluding carboxylic acids is 1. The zero-order chi connectivity index (χ0) is 24.8. The molecule has 0 saturated carbocycles. The van der Waals surface area contributed by atoms with Crippen LogP contribution in [-0.4, -0.2) is 12.0 Å². The van der Waals surface area contributed by atoms with Crippen LogP contribution in [0.1, 0.15) is 12.5 Å². The first-order chi connectivity index (χ1) is 16.8. The fourth-order valence-electron chi connectivity index (χ4n) is 3.31. The van der Waals surface area contributed by atoms with Gasteiger partial charge in [0.15, 0.2) is 5.75 Å². The number of hydrogen-bond donors (Lipinski definition) is 1. The lowest BCUT2D eigenvalue weighted by Crippen LogP contribution is -2.35. The summed E-state index contributed by atoms with van der Waals surface area (Å²) < 4.78 is 31.7. The third-order valence-corrected chi connectivity index (χ3v) is 7.51. The van der Waals surface area contributed by atoms with E-state index >= 15 is 0 Å². The van der Waals surface area contributed by atoms with Crippen molar-refractivity contribution in [3.05, 3.63) is 106 Å². The van der Waals surface area contributed by atoms with E-state index in [9.17, 15) is 9.36 Å². The van der Waals surface area contributed by atoms with Crippen LogP contribution in [0.4, 0.5) is 0 Å². The highest BCUT2D eigenvalue weighted by Crippen LogP contribution is 2.50. The van der Waals surface area contributed by atoms with E-state index in [1.807, 2.05) is 60.7 Å². The van der Waals surface area contributed by atoms with Crippen molar-refractivity contribution in [1.82, 2.24) is 5.09 Å². The molecule has 1 unspecified atom stereocenters. The van der Waals surface area contributed by atoms with E-state index in [4.69, 9.17) is 25.4 Å². The topological polar surface area (TPSA) is 73.9 Å². The summed E-state index contributed by atoms with van der Waals surface area (Å²) in [6, 6.07) is 26.1. The molecule has 0 aromatic heterocycles. The van der Waals surface area contributed by atoms with Crippen LogP contribution in [0, 0.1) is 0 Å². The molecule has 1 N–H and O–H groups in total. The highest BCUT2D eigenvalue weighted by molar-refractivity contribution is 9.10. The molecule has 0 bridgehead atoms. The van der Waals surface area contributed by atoms with Crippen LogP contribution in [0.25, 0.3) is 10.8 Å². The molecule has 4 aromatic rings. The molecule has 9 heteroatoms. The van der Waals surface area contributed by atoms with Crippen molar-refractivity contribution in [2.24, 2.45) is 0 Å². The molecule has 6 nitrogen and oxygen atoms in total. The van der Waals surface area contributed by atoms with Gasteiger partial charge in [-0.2, -0.15) is 5.09 Å². The van der Waals surface area contributed by atoms with Gasteiger partial charge in [-0.05, 0) is 52.0 Å². The second kappa shape index (κ2) is 11.3. The number of esters is 1. The second-order valence-electron chi connectivity index (χ2n) is 7.65. The average molecular weight is 575 g/mol. The van der Waals surface area contributed by atoms with Crippen molar-refractivity contribution < 1.29 is 23.1 Å². The molecule has 35 heavy (non-hydrogen) atoms. The first-order valence-electron chi connectivity index (χ1n) is 10.7. The molecule has 0 spiro atoms. The van der Waals surface area contributed by atoms with Gasteiger partial charge in [-0.3, -0.25) is 4.79 Å². The van der Waals surface area contributed by atoms with Gasteiger partial charge in [0.25, 0.3) is 0 Å². The van der Waals surface area contributed by atoms with E-state index in [1.165, 1.54) is 6.92 Å². The maximum Gasteiger partial charge on any atom is 0.513 e. The SMILES string of the molecule is C[C@H](NP(=O)(Oc1c(Cl)cccc1Br)Oc1cccc2ccccc12)C(=O)OCc1ccccc1.